The molecule has 2 N–H and O–H groups in total. The molecule has 0 bridgehead atoms. The number of hydrogen-bond acceptors (Lipinski definition) is 4. The minimum absolute atomic E-state index is 0.346. The summed E-state index contributed by atoms with van der Waals surface area (Å²) >= 11 is 0. The molecular weight excluding hydrogens is 266 g/mol. The molecule has 0 saturated carbocycles. The van der Waals surface area contributed by atoms with Crippen LogP contribution in [0.5, 0.6) is 0 Å². The summed E-state index contributed by atoms with van der Waals surface area (Å²) in [7, 11) is 4.02. The van der Waals surface area contributed by atoms with Gasteiger partial charge < -0.3 is 20.3 Å². The van der Waals surface area contributed by atoms with Crippen molar-refractivity contribution in [1.82, 2.24) is 20.4 Å². The lowest BCUT2D eigenvalue weighted by molar-refractivity contribution is 0.113. The molecule has 2 unspecified atom stereocenters. The van der Waals surface area contributed by atoms with Crippen molar-refractivity contribution in [2.24, 2.45) is 4.99 Å². The second-order valence-electron chi connectivity index (χ2n) is 6.16. The highest BCUT2D eigenvalue weighted by Gasteiger charge is 2.19. The van der Waals surface area contributed by atoms with Gasteiger partial charge in [0.2, 0.25) is 0 Å². The van der Waals surface area contributed by atoms with Crippen LogP contribution in [-0.2, 0) is 4.74 Å². The summed E-state index contributed by atoms with van der Waals surface area (Å²) in [5.41, 5.74) is 0. The van der Waals surface area contributed by atoms with E-state index in [0.717, 1.165) is 58.3 Å². The van der Waals surface area contributed by atoms with E-state index >= 15 is 0 Å². The number of ether oxygens (including phenoxy) is 1. The monoisotopic (exact) mass is 297 g/mol. The zero-order chi connectivity index (χ0) is 15.1. The first-order valence-corrected chi connectivity index (χ1v) is 8.17. The van der Waals surface area contributed by atoms with Crippen LogP contribution in [0.1, 0.15) is 19.8 Å². The van der Waals surface area contributed by atoms with E-state index in [1.165, 1.54) is 6.42 Å². The summed E-state index contributed by atoms with van der Waals surface area (Å²) in [4.78, 5) is 9.22. The van der Waals surface area contributed by atoms with Crippen LogP contribution in [-0.4, -0.2) is 87.9 Å². The maximum atomic E-state index is 5.62. The predicted octanol–water partition coefficient (Wildman–Crippen LogP) is -0.0337. The van der Waals surface area contributed by atoms with Gasteiger partial charge in [0.1, 0.15) is 0 Å². The van der Waals surface area contributed by atoms with Crippen molar-refractivity contribution in [1.29, 1.82) is 0 Å². The minimum Gasteiger partial charge on any atom is -0.376 e. The zero-order valence-corrected chi connectivity index (χ0v) is 13.8. The first-order chi connectivity index (χ1) is 10.2. The lowest BCUT2D eigenvalue weighted by Crippen LogP contribution is -2.52. The van der Waals surface area contributed by atoms with Gasteiger partial charge in [-0.3, -0.25) is 9.89 Å². The highest BCUT2D eigenvalue weighted by molar-refractivity contribution is 5.79. The van der Waals surface area contributed by atoms with Gasteiger partial charge in [0, 0.05) is 59.0 Å². The van der Waals surface area contributed by atoms with E-state index < -0.39 is 0 Å². The largest absolute Gasteiger partial charge is 0.376 e. The van der Waals surface area contributed by atoms with Gasteiger partial charge in [-0.15, -0.1) is 0 Å². The van der Waals surface area contributed by atoms with E-state index in [2.05, 4.69) is 39.4 Å². The Bertz CT molecular complexity index is 322. The van der Waals surface area contributed by atoms with Gasteiger partial charge in [-0.2, -0.15) is 0 Å². The van der Waals surface area contributed by atoms with Crippen LogP contribution in [0.2, 0.25) is 0 Å². The molecule has 0 amide bonds. The topological polar surface area (TPSA) is 52.1 Å². The molecule has 2 rings (SSSR count). The average molecular weight is 297 g/mol. The molecule has 0 aromatic rings. The maximum absolute atomic E-state index is 5.62. The molecule has 0 radical (unpaired) electrons. The third-order valence-electron chi connectivity index (χ3n) is 4.47. The maximum Gasteiger partial charge on any atom is 0.191 e. The molecule has 0 aliphatic carbocycles. The number of hydrogen-bond donors (Lipinski definition) is 2. The third-order valence-corrected chi connectivity index (χ3v) is 4.47. The van der Waals surface area contributed by atoms with Crippen LogP contribution in [0.25, 0.3) is 0 Å². The molecular formula is C15H31N5O. The first-order valence-electron chi connectivity index (χ1n) is 8.17. The van der Waals surface area contributed by atoms with Crippen molar-refractivity contribution in [2.45, 2.75) is 31.9 Å². The lowest BCUT2D eigenvalue weighted by atomic mass is 10.2. The molecule has 122 valence electrons. The Morgan fingerprint density at radius 2 is 2.05 bits per heavy atom. The van der Waals surface area contributed by atoms with Gasteiger partial charge in [-0.25, -0.2) is 0 Å². The van der Waals surface area contributed by atoms with Crippen LogP contribution in [0, 0.1) is 0 Å². The van der Waals surface area contributed by atoms with Crippen molar-refractivity contribution in [3.05, 3.63) is 0 Å². The molecule has 0 aromatic heterocycles. The van der Waals surface area contributed by atoms with E-state index in [-0.39, 0.29) is 0 Å². The number of piperazine rings is 1. The number of nitrogens with one attached hydrogen (secondary N) is 2. The van der Waals surface area contributed by atoms with Gasteiger partial charge in [0.05, 0.1) is 6.10 Å². The smallest absolute Gasteiger partial charge is 0.191 e. The molecule has 2 saturated heterocycles. The van der Waals surface area contributed by atoms with E-state index in [1.54, 1.807) is 0 Å². The van der Waals surface area contributed by atoms with E-state index in [4.69, 9.17) is 4.74 Å². The van der Waals surface area contributed by atoms with Crippen LogP contribution >= 0.6 is 0 Å². The molecule has 21 heavy (non-hydrogen) atoms. The summed E-state index contributed by atoms with van der Waals surface area (Å²) in [5.74, 6) is 0.881. The molecule has 2 aliphatic rings. The summed E-state index contributed by atoms with van der Waals surface area (Å²) in [6, 6.07) is 0.528. The van der Waals surface area contributed by atoms with Gasteiger partial charge >= 0.3 is 0 Å². The fraction of sp³-hybridized carbons (Fsp3) is 0.933. The molecule has 2 fully saturated rings. The normalized spacial score (nSPS) is 26.8. The highest BCUT2D eigenvalue weighted by Crippen LogP contribution is 2.10. The summed E-state index contributed by atoms with van der Waals surface area (Å²) in [6.45, 7) is 9.59. The summed E-state index contributed by atoms with van der Waals surface area (Å²) < 4.78 is 5.62. The van der Waals surface area contributed by atoms with Gasteiger partial charge in [0.25, 0.3) is 0 Å². The first kappa shape index (κ1) is 16.5. The fourth-order valence-corrected chi connectivity index (χ4v) is 2.87. The molecule has 6 nitrogen and oxygen atoms in total. The van der Waals surface area contributed by atoms with Crippen LogP contribution in [0.3, 0.4) is 0 Å². The quantitative estimate of drug-likeness (QED) is 0.551. The second kappa shape index (κ2) is 8.56. The Morgan fingerprint density at radius 1 is 1.29 bits per heavy atom. The molecule has 2 atom stereocenters. The zero-order valence-electron chi connectivity index (χ0n) is 13.8. The Kier molecular flexibility index (Phi) is 6.73. The lowest BCUT2D eigenvalue weighted by Gasteiger charge is -2.36. The predicted molar refractivity (Wildman–Crippen MR) is 86.9 cm³/mol. The van der Waals surface area contributed by atoms with E-state index in [1.807, 2.05) is 7.05 Å². The van der Waals surface area contributed by atoms with Gasteiger partial charge in [-0.05, 0) is 26.8 Å². The number of likely N-dealkylation sites (N-methyl/N-ethyl adjacent to an activating group) is 1. The number of rotatable bonds is 5. The second-order valence-corrected chi connectivity index (χ2v) is 6.16. The molecule has 0 spiro atoms. The Hall–Kier alpha value is -0.850. The molecule has 6 heteroatoms. The molecule has 2 heterocycles. The van der Waals surface area contributed by atoms with Crippen LogP contribution in [0.15, 0.2) is 4.99 Å². The van der Waals surface area contributed by atoms with Crippen molar-refractivity contribution in [2.75, 3.05) is 60.0 Å². The highest BCUT2D eigenvalue weighted by atomic mass is 16.5. The van der Waals surface area contributed by atoms with Crippen molar-refractivity contribution >= 4 is 5.96 Å². The number of aliphatic imine (C=N–C) groups is 1. The average Bonchev–Trinajstić information content (AvgIpc) is 3.01. The minimum atomic E-state index is 0.346. The number of nitrogens with zero attached hydrogens (tertiary/aromatic N) is 3. The van der Waals surface area contributed by atoms with Crippen LogP contribution < -0.4 is 10.6 Å². The van der Waals surface area contributed by atoms with E-state index in [9.17, 15) is 0 Å². The Morgan fingerprint density at radius 3 is 2.67 bits per heavy atom. The fourth-order valence-electron chi connectivity index (χ4n) is 2.87. The van der Waals surface area contributed by atoms with Crippen molar-refractivity contribution in [3.63, 3.8) is 0 Å². The SMILES string of the molecule is CN=C(NCC1CCCO1)NCC(C)N1CCN(C)CC1. The Labute approximate surface area is 128 Å². The number of guanidine groups is 1. The summed E-state index contributed by atoms with van der Waals surface area (Å²) in [6.07, 6.45) is 2.68. The van der Waals surface area contributed by atoms with Crippen molar-refractivity contribution in [3.8, 4) is 0 Å². The van der Waals surface area contributed by atoms with Gasteiger partial charge in [-0.1, -0.05) is 0 Å². The van der Waals surface area contributed by atoms with E-state index in [0.29, 0.717) is 12.1 Å². The van der Waals surface area contributed by atoms with Gasteiger partial charge in [0.15, 0.2) is 5.96 Å². The third kappa shape index (κ3) is 5.45. The van der Waals surface area contributed by atoms with Crippen molar-refractivity contribution < 1.29 is 4.74 Å². The Balaban J connectivity index is 1.64. The summed E-state index contributed by atoms with van der Waals surface area (Å²) in [5, 5.41) is 6.79. The molecule has 0 aromatic carbocycles. The standard InChI is InChI=1S/C15H31N5O/c1-13(20-8-6-19(3)7-9-20)11-17-15(16-2)18-12-14-5-4-10-21-14/h13-14H,4-12H2,1-3H3,(H2,16,17,18). The van der Waals surface area contributed by atoms with Crippen LogP contribution in [0.4, 0.5) is 0 Å². The molecule has 2 aliphatic heterocycles.